The van der Waals surface area contributed by atoms with Crippen LogP contribution in [-0.2, 0) is 4.74 Å². The van der Waals surface area contributed by atoms with Crippen LogP contribution in [-0.4, -0.2) is 65.0 Å². The Morgan fingerprint density at radius 3 is 1.88 bits per heavy atom. The van der Waals surface area contributed by atoms with E-state index in [0.717, 1.165) is 42.4 Å². The molecule has 1 aromatic heterocycles. The van der Waals surface area contributed by atoms with Gasteiger partial charge >= 0.3 is 0 Å². The van der Waals surface area contributed by atoms with E-state index in [2.05, 4.69) is 24.0 Å². The lowest BCUT2D eigenvalue weighted by molar-refractivity contribution is -0.0593. The van der Waals surface area contributed by atoms with Gasteiger partial charge in [0, 0.05) is 49.6 Å². The highest BCUT2D eigenvalue weighted by Crippen LogP contribution is 2.26. The molecular weight excluding hydrogens is 526 g/mol. The van der Waals surface area contributed by atoms with E-state index >= 15 is 0 Å². The molecule has 2 aliphatic rings. The number of aryl methyl sites for hydroxylation is 3. The fourth-order valence-corrected chi connectivity index (χ4v) is 5.84. The molecule has 0 N–H and O–H groups in total. The molecule has 0 unspecified atom stereocenters. The van der Waals surface area contributed by atoms with Crippen LogP contribution in [0.5, 0.6) is 11.6 Å². The smallest absolute Gasteiger partial charge is 0.254 e. The van der Waals surface area contributed by atoms with Gasteiger partial charge in [-0.1, -0.05) is 29.3 Å². The Balaban J connectivity index is 1.06. The second-order valence-electron chi connectivity index (χ2n) is 10.8. The van der Waals surface area contributed by atoms with Gasteiger partial charge in [-0.05, 0) is 87.9 Å². The Kier molecular flexibility index (Phi) is 8.72. The SMILES string of the molecule is Cc1cc(C)c(C(=O)N2CCC(OC3CCN(C(=O)c4ccc(Oc5ccc(Cl)cn5)cc4)CC3)CC2)c(C)c1. The molecule has 210 valence electrons. The summed E-state index contributed by atoms with van der Waals surface area (Å²) >= 11 is 5.87. The lowest BCUT2D eigenvalue weighted by Crippen LogP contribution is -2.45. The van der Waals surface area contributed by atoms with Crippen molar-refractivity contribution in [2.75, 3.05) is 26.2 Å². The predicted molar refractivity (Wildman–Crippen MR) is 155 cm³/mol. The van der Waals surface area contributed by atoms with E-state index < -0.39 is 0 Å². The zero-order chi connectivity index (χ0) is 28.2. The number of halogens is 1. The maximum Gasteiger partial charge on any atom is 0.254 e. The highest BCUT2D eigenvalue weighted by atomic mass is 35.5. The van der Waals surface area contributed by atoms with Crippen molar-refractivity contribution in [3.63, 3.8) is 0 Å². The van der Waals surface area contributed by atoms with Crippen molar-refractivity contribution in [3.8, 4) is 11.6 Å². The topological polar surface area (TPSA) is 72.0 Å². The van der Waals surface area contributed by atoms with Crippen molar-refractivity contribution in [1.29, 1.82) is 0 Å². The number of carbonyl (C=O) groups excluding carboxylic acids is 2. The third-order valence-electron chi connectivity index (χ3n) is 7.76. The molecule has 5 rings (SSSR count). The summed E-state index contributed by atoms with van der Waals surface area (Å²) in [5.74, 6) is 1.19. The van der Waals surface area contributed by atoms with Crippen LogP contribution in [0.1, 0.15) is 63.1 Å². The van der Waals surface area contributed by atoms with Crippen molar-refractivity contribution in [1.82, 2.24) is 14.8 Å². The normalized spacial score (nSPS) is 16.7. The van der Waals surface area contributed by atoms with Gasteiger partial charge in [0.15, 0.2) is 0 Å². The second kappa shape index (κ2) is 12.4. The van der Waals surface area contributed by atoms with Crippen LogP contribution >= 0.6 is 11.6 Å². The van der Waals surface area contributed by atoms with Crippen LogP contribution in [0.2, 0.25) is 5.02 Å². The molecule has 3 heterocycles. The Morgan fingerprint density at radius 1 is 0.800 bits per heavy atom. The van der Waals surface area contributed by atoms with E-state index in [-0.39, 0.29) is 24.0 Å². The second-order valence-corrected chi connectivity index (χ2v) is 11.3. The number of piperidine rings is 2. The van der Waals surface area contributed by atoms with E-state index in [1.54, 1.807) is 36.4 Å². The summed E-state index contributed by atoms with van der Waals surface area (Å²) in [6, 6.07) is 14.7. The number of amides is 2. The van der Waals surface area contributed by atoms with Gasteiger partial charge in [-0.2, -0.15) is 0 Å². The molecule has 0 saturated carbocycles. The molecule has 2 aliphatic heterocycles. The van der Waals surface area contributed by atoms with Gasteiger partial charge in [0.2, 0.25) is 5.88 Å². The number of nitrogens with zero attached hydrogens (tertiary/aromatic N) is 3. The van der Waals surface area contributed by atoms with E-state index in [9.17, 15) is 9.59 Å². The minimum absolute atomic E-state index is 0.0168. The van der Waals surface area contributed by atoms with Gasteiger partial charge in [0.05, 0.1) is 17.2 Å². The number of carbonyl (C=O) groups is 2. The molecule has 0 aliphatic carbocycles. The third kappa shape index (κ3) is 6.65. The highest BCUT2D eigenvalue weighted by Gasteiger charge is 2.30. The summed E-state index contributed by atoms with van der Waals surface area (Å²) in [5.41, 5.74) is 4.74. The van der Waals surface area contributed by atoms with Crippen molar-refractivity contribution in [2.45, 2.75) is 58.7 Å². The van der Waals surface area contributed by atoms with E-state index in [4.69, 9.17) is 21.1 Å². The Labute approximate surface area is 241 Å². The van der Waals surface area contributed by atoms with Crippen LogP contribution in [0.15, 0.2) is 54.7 Å². The number of likely N-dealkylation sites (tertiary alicyclic amines) is 2. The first-order valence-corrected chi connectivity index (χ1v) is 14.4. The summed E-state index contributed by atoms with van der Waals surface area (Å²) in [4.78, 5) is 34.3. The fourth-order valence-electron chi connectivity index (χ4n) is 5.73. The van der Waals surface area contributed by atoms with Gasteiger partial charge in [-0.3, -0.25) is 9.59 Å². The summed E-state index contributed by atoms with van der Waals surface area (Å²) < 4.78 is 12.2. The van der Waals surface area contributed by atoms with E-state index in [1.165, 1.54) is 11.8 Å². The zero-order valence-electron chi connectivity index (χ0n) is 23.4. The molecule has 0 radical (unpaired) electrons. The zero-order valence-corrected chi connectivity index (χ0v) is 24.1. The molecule has 2 saturated heterocycles. The lowest BCUT2D eigenvalue weighted by atomic mass is 9.97. The van der Waals surface area contributed by atoms with Crippen LogP contribution < -0.4 is 4.74 Å². The van der Waals surface area contributed by atoms with Crippen LogP contribution in [0.3, 0.4) is 0 Å². The predicted octanol–water partition coefficient (Wildman–Crippen LogP) is 6.38. The van der Waals surface area contributed by atoms with Crippen molar-refractivity contribution >= 4 is 23.4 Å². The average Bonchev–Trinajstić information content (AvgIpc) is 2.94. The summed E-state index contributed by atoms with van der Waals surface area (Å²) in [5, 5.41) is 0.545. The van der Waals surface area contributed by atoms with E-state index in [1.807, 2.05) is 23.6 Å². The van der Waals surface area contributed by atoms with Gasteiger partial charge in [-0.25, -0.2) is 4.98 Å². The number of pyridine rings is 1. The maximum atomic E-state index is 13.2. The molecule has 0 atom stereocenters. The molecule has 3 aromatic rings. The summed E-state index contributed by atoms with van der Waals surface area (Å²) in [6.07, 6.45) is 5.13. The van der Waals surface area contributed by atoms with Crippen molar-refractivity contribution in [3.05, 3.63) is 87.6 Å². The molecule has 8 heteroatoms. The fraction of sp³-hybridized carbons (Fsp3) is 0.406. The minimum Gasteiger partial charge on any atom is -0.439 e. The monoisotopic (exact) mass is 561 g/mol. The summed E-state index contributed by atoms with van der Waals surface area (Å²) in [6.45, 7) is 8.85. The summed E-state index contributed by atoms with van der Waals surface area (Å²) in [7, 11) is 0. The molecular formula is C32H36ClN3O4. The van der Waals surface area contributed by atoms with Crippen LogP contribution in [0.25, 0.3) is 0 Å². The van der Waals surface area contributed by atoms with Gasteiger partial charge < -0.3 is 19.3 Å². The van der Waals surface area contributed by atoms with Crippen LogP contribution in [0, 0.1) is 20.8 Å². The molecule has 2 aromatic carbocycles. The number of hydrogen-bond acceptors (Lipinski definition) is 5. The average molecular weight is 562 g/mol. The Bertz CT molecular complexity index is 1320. The standard InChI is InChI=1S/C32H36ClN3O4/c1-21-18-22(2)30(23(3)19-21)32(38)36-16-12-28(13-17-36)39-27-10-14-35(15-11-27)31(37)24-4-7-26(8-5-24)40-29-9-6-25(33)20-34-29/h4-9,18-20,27-28H,10-17H2,1-3H3. The first-order chi connectivity index (χ1) is 19.3. The van der Waals surface area contributed by atoms with Crippen LogP contribution in [0.4, 0.5) is 0 Å². The third-order valence-corrected chi connectivity index (χ3v) is 7.98. The molecule has 40 heavy (non-hydrogen) atoms. The number of rotatable bonds is 6. The Hall–Kier alpha value is -3.42. The Morgan fingerprint density at radius 2 is 1.35 bits per heavy atom. The molecule has 2 amide bonds. The molecule has 7 nitrogen and oxygen atoms in total. The van der Waals surface area contributed by atoms with E-state index in [0.29, 0.717) is 48.4 Å². The molecule has 0 spiro atoms. The number of hydrogen-bond donors (Lipinski definition) is 0. The van der Waals surface area contributed by atoms with Gasteiger partial charge in [-0.15, -0.1) is 0 Å². The first-order valence-electron chi connectivity index (χ1n) is 14.0. The minimum atomic E-state index is 0.0168. The largest absolute Gasteiger partial charge is 0.439 e. The van der Waals surface area contributed by atoms with Gasteiger partial charge in [0.1, 0.15) is 5.75 Å². The quantitative estimate of drug-likeness (QED) is 0.349. The highest BCUT2D eigenvalue weighted by molar-refractivity contribution is 6.30. The molecule has 2 fully saturated rings. The maximum absolute atomic E-state index is 13.2. The van der Waals surface area contributed by atoms with Crippen molar-refractivity contribution in [2.24, 2.45) is 0 Å². The molecule has 0 bridgehead atoms. The van der Waals surface area contributed by atoms with Gasteiger partial charge in [0.25, 0.3) is 11.8 Å². The number of ether oxygens (including phenoxy) is 2. The number of benzene rings is 2. The van der Waals surface area contributed by atoms with Crippen molar-refractivity contribution < 1.29 is 19.1 Å². The lowest BCUT2D eigenvalue weighted by Gasteiger charge is -2.37. The first kappa shape index (κ1) is 28.1. The number of aromatic nitrogens is 1.